The van der Waals surface area contributed by atoms with Crippen molar-refractivity contribution in [2.24, 2.45) is 0 Å². The normalized spacial score (nSPS) is 10.6. The molecule has 0 saturated carbocycles. The number of thiazole rings is 1. The van der Waals surface area contributed by atoms with Gasteiger partial charge in [0.1, 0.15) is 4.34 Å². The standard InChI is InChI=1S/C15H10Cl2N2OS2/c16-12-7-10(14(17)22-12)11-8-21-15(18-11)19-13(20)6-9-4-2-1-3-5-9/h1-5,7-8H,6H2,(H,18,19,20). The number of hydrogen-bond acceptors (Lipinski definition) is 4. The maximum atomic E-state index is 12.0. The highest BCUT2D eigenvalue weighted by molar-refractivity contribution is 7.20. The molecule has 3 nitrogen and oxygen atoms in total. The number of anilines is 1. The van der Waals surface area contributed by atoms with Crippen LogP contribution in [-0.4, -0.2) is 10.9 Å². The Kier molecular flexibility index (Phi) is 4.78. The zero-order valence-corrected chi connectivity index (χ0v) is 14.3. The van der Waals surface area contributed by atoms with Crippen molar-refractivity contribution in [2.45, 2.75) is 6.42 Å². The van der Waals surface area contributed by atoms with Crippen LogP contribution in [0.3, 0.4) is 0 Å². The van der Waals surface area contributed by atoms with Crippen LogP contribution < -0.4 is 5.32 Å². The first-order valence-electron chi connectivity index (χ1n) is 6.36. The predicted octanol–water partition coefficient (Wildman–Crippen LogP) is 5.36. The molecular formula is C15H10Cl2N2OS2. The maximum absolute atomic E-state index is 12.0. The Hall–Kier alpha value is -1.40. The van der Waals surface area contributed by atoms with E-state index in [0.717, 1.165) is 11.1 Å². The second kappa shape index (κ2) is 6.79. The minimum Gasteiger partial charge on any atom is -0.302 e. The molecule has 2 heterocycles. The molecule has 0 saturated heterocycles. The molecule has 2 aromatic heterocycles. The van der Waals surface area contributed by atoms with E-state index < -0.39 is 0 Å². The van der Waals surface area contributed by atoms with Crippen LogP contribution in [0.1, 0.15) is 5.56 Å². The number of thiophene rings is 1. The Balaban J connectivity index is 1.69. The van der Waals surface area contributed by atoms with Crippen LogP contribution in [-0.2, 0) is 11.2 Å². The van der Waals surface area contributed by atoms with E-state index in [0.29, 0.717) is 25.9 Å². The summed E-state index contributed by atoms with van der Waals surface area (Å²) in [6.07, 6.45) is 0.320. The summed E-state index contributed by atoms with van der Waals surface area (Å²) in [5.41, 5.74) is 2.47. The lowest BCUT2D eigenvalue weighted by atomic mass is 10.1. The summed E-state index contributed by atoms with van der Waals surface area (Å²) < 4.78 is 1.21. The van der Waals surface area contributed by atoms with Gasteiger partial charge in [0.05, 0.1) is 16.5 Å². The number of halogens is 2. The highest BCUT2D eigenvalue weighted by atomic mass is 35.5. The zero-order valence-electron chi connectivity index (χ0n) is 11.2. The summed E-state index contributed by atoms with van der Waals surface area (Å²) in [6, 6.07) is 11.3. The smallest absolute Gasteiger partial charge is 0.230 e. The fourth-order valence-electron chi connectivity index (χ4n) is 1.91. The number of aromatic nitrogens is 1. The van der Waals surface area contributed by atoms with Gasteiger partial charge in [-0.15, -0.1) is 22.7 Å². The van der Waals surface area contributed by atoms with Crippen molar-refractivity contribution in [2.75, 3.05) is 5.32 Å². The molecule has 3 aromatic rings. The van der Waals surface area contributed by atoms with Crippen LogP contribution in [0.25, 0.3) is 11.3 Å². The molecule has 0 bridgehead atoms. The SMILES string of the molecule is O=C(Cc1ccccc1)Nc1nc(-c2cc(Cl)sc2Cl)cs1. The third-order valence-corrected chi connectivity index (χ3v) is 5.14. The first-order chi connectivity index (χ1) is 10.6. The highest BCUT2D eigenvalue weighted by Gasteiger charge is 2.13. The molecule has 0 aliphatic carbocycles. The molecule has 0 radical (unpaired) electrons. The van der Waals surface area contributed by atoms with Crippen molar-refractivity contribution in [1.29, 1.82) is 0 Å². The van der Waals surface area contributed by atoms with Gasteiger partial charge in [-0.05, 0) is 11.6 Å². The Morgan fingerprint density at radius 2 is 2.00 bits per heavy atom. The largest absolute Gasteiger partial charge is 0.302 e. The Morgan fingerprint density at radius 3 is 2.68 bits per heavy atom. The predicted molar refractivity (Wildman–Crippen MR) is 94.2 cm³/mol. The summed E-state index contributed by atoms with van der Waals surface area (Å²) in [4.78, 5) is 16.4. The molecule has 0 atom stereocenters. The molecule has 7 heteroatoms. The molecule has 0 unspecified atom stereocenters. The molecule has 0 fully saturated rings. The molecule has 1 amide bonds. The van der Waals surface area contributed by atoms with Gasteiger partial charge in [0, 0.05) is 10.9 Å². The molecule has 22 heavy (non-hydrogen) atoms. The topological polar surface area (TPSA) is 42.0 Å². The van der Waals surface area contributed by atoms with Gasteiger partial charge in [0.2, 0.25) is 5.91 Å². The van der Waals surface area contributed by atoms with Gasteiger partial charge in [-0.3, -0.25) is 4.79 Å². The molecule has 1 N–H and O–H groups in total. The van der Waals surface area contributed by atoms with E-state index in [4.69, 9.17) is 23.2 Å². The highest BCUT2D eigenvalue weighted by Crippen LogP contribution is 2.38. The van der Waals surface area contributed by atoms with E-state index in [1.165, 1.54) is 22.7 Å². The van der Waals surface area contributed by atoms with E-state index >= 15 is 0 Å². The van der Waals surface area contributed by atoms with Crippen molar-refractivity contribution in [3.05, 3.63) is 56.0 Å². The molecule has 0 aliphatic rings. The van der Waals surface area contributed by atoms with E-state index in [1.807, 2.05) is 35.7 Å². The van der Waals surface area contributed by atoms with Gasteiger partial charge in [0.15, 0.2) is 5.13 Å². The quantitative estimate of drug-likeness (QED) is 0.673. The lowest BCUT2D eigenvalue weighted by Gasteiger charge is -2.01. The monoisotopic (exact) mass is 368 g/mol. The third-order valence-electron chi connectivity index (χ3n) is 2.89. The summed E-state index contributed by atoms with van der Waals surface area (Å²) in [7, 11) is 0. The van der Waals surface area contributed by atoms with Crippen LogP contribution in [0.2, 0.25) is 8.67 Å². The minimum atomic E-state index is -0.0958. The van der Waals surface area contributed by atoms with Gasteiger partial charge in [-0.2, -0.15) is 0 Å². The number of benzene rings is 1. The van der Waals surface area contributed by atoms with Crippen molar-refractivity contribution >= 4 is 56.9 Å². The number of amides is 1. The number of nitrogens with one attached hydrogen (secondary N) is 1. The van der Waals surface area contributed by atoms with Gasteiger partial charge in [-0.25, -0.2) is 4.98 Å². The van der Waals surface area contributed by atoms with Gasteiger partial charge >= 0.3 is 0 Å². The molecular weight excluding hydrogens is 359 g/mol. The molecule has 0 spiro atoms. The Labute approximate surface area is 145 Å². The fourth-order valence-corrected chi connectivity index (χ4v) is 4.12. The van der Waals surface area contributed by atoms with Crippen molar-refractivity contribution < 1.29 is 4.79 Å². The van der Waals surface area contributed by atoms with Gasteiger partial charge in [-0.1, -0.05) is 53.5 Å². The first kappa shape index (κ1) is 15.5. The second-order valence-electron chi connectivity index (χ2n) is 4.49. The summed E-state index contributed by atoms with van der Waals surface area (Å²) >= 11 is 14.7. The average molecular weight is 369 g/mol. The van der Waals surface area contributed by atoms with Crippen LogP contribution >= 0.6 is 45.9 Å². The first-order valence-corrected chi connectivity index (χ1v) is 8.81. The van der Waals surface area contributed by atoms with E-state index in [2.05, 4.69) is 10.3 Å². The van der Waals surface area contributed by atoms with Gasteiger partial charge < -0.3 is 5.32 Å². The van der Waals surface area contributed by atoms with Crippen molar-refractivity contribution in [3.8, 4) is 11.3 Å². The third kappa shape index (κ3) is 3.67. The van der Waals surface area contributed by atoms with Crippen LogP contribution in [0.4, 0.5) is 5.13 Å². The summed E-state index contributed by atoms with van der Waals surface area (Å²) in [5.74, 6) is -0.0958. The fraction of sp³-hybridized carbons (Fsp3) is 0.0667. The minimum absolute atomic E-state index is 0.0958. The van der Waals surface area contributed by atoms with Crippen LogP contribution in [0, 0.1) is 0 Å². The van der Waals surface area contributed by atoms with Crippen molar-refractivity contribution in [3.63, 3.8) is 0 Å². The Morgan fingerprint density at radius 1 is 1.23 bits per heavy atom. The maximum Gasteiger partial charge on any atom is 0.230 e. The van der Waals surface area contributed by atoms with E-state index in [1.54, 1.807) is 6.07 Å². The van der Waals surface area contributed by atoms with E-state index in [9.17, 15) is 4.79 Å². The van der Waals surface area contributed by atoms with Crippen LogP contribution in [0.15, 0.2) is 41.8 Å². The number of rotatable bonds is 4. The number of hydrogen-bond donors (Lipinski definition) is 1. The van der Waals surface area contributed by atoms with Crippen molar-refractivity contribution in [1.82, 2.24) is 4.98 Å². The zero-order chi connectivity index (χ0) is 15.5. The molecule has 3 rings (SSSR count). The van der Waals surface area contributed by atoms with Crippen LogP contribution in [0.5, 0.6) is 0 Å². The van der Waals surface area contributed by atoms with E-state index in [-0.39, 0.29) is 5.91 Å². The summed E-state index contributed by atoms with van der Waals surface area (Å²) in [5, 5.41) is 5.20. The number of carbonyl (C=O) groups is 1. The number of carbonyl (C=O) groups excluding carboxylic acids is 1. The molecule has 1 aromatic carbocycles. The number of nitrogens with zero attached hydrogens (tertiary/aromatic N) is 1. The lowest BCUT2D eigenvalue weighted by molar-refractivity contribution is -0.115. The van der Waals surface area contributed by atoms with Gasteiger partial charge in [0.25, 0.3) is 0 Å². The molecule has 112 valence electrons. The second-order valence-corrected chi connectivity index (χ2v) is 7.63. The Bertz CT molecular complexity index is 799. The summed E-state index contributed by atoms with van der Waals surface area (Å²) in [6.45, 7) is 0. The average Bonchev–Trinajstić information content (AvgIpc) is 3.06. The molecule has 0 aliphatic heterocycles. The lowest BCUT2D eigenvalue weighted by Crippen LogP contribution is -2.14.